The van der Waals surface area contributed by atoms with Gasteiger partial charge in [0, 0.05) is 11.5 Å². The molecule has 0 bridgehead atoms. The van der Waals surface area contributed by atoms with Gasteiger partial charge in [0.1, 0.15) is 5.82 Å². The highest BCUT2D eigenvalue weighted by Gasteiger charge is 2.48. The number of alkyl halides is 3. The van der Waals surface area contributed by atoms with Crippen LogP contribution in [0.4, 0.5) is 23.2 Å². The van der Waals surface area contributed by atoms with Crippen LogP contribution in [0.25, 0.3) is 0 Å². The summed E-state index contributed by atoms with van der Waals surface area (Å²) >= 11 is 0. The molecule has 1 aromatic carbocycles. The van der Waals surface area contributed by atoms with Crippen molar-refractivity contribution in [3.63, 3.8) is 0 Å². The van der Waals surface area contributed by atoms with E-state index < -0.39 is 29.6 Å². The third-order valence-electron chi connectivity index (χ3n) is 3.81. The number of carbonyl (C=O) groups is 1. The van der Waals surface area contributed by atoms with Gasteiger partial charge in [-0.1, -0.05) is 12.8 Å². The van der Waals surface area contributed by atoms with Crippen molar-refractivity contribution >= 4 is 11.5 Å². The van der Waals surface area contributed by atoms with Crippen LogP contribution in [0, 0.1) is 17.7 Å². The first-order chi connectivity index (χ1) is 9.30. The Bertz CT molecular complexity index is 512. The number of halogens is 4. The minimum atomic E-state index is -4.40. The number of rotatable bonds is 2. The number of carbonyl (C=O) groups excluding carboxylic acids is 1. The lowest BCUT2D eigenvalue weighted by Gasteiger charge is -2.32. The highest BCUT2D eigenvalue weighted by Crippen LogP contribution is 2.42. The zero-order valence-electron chi connectivity index (χ0n) is 10.7. The molecule has 110 valence electrons. The minimum Gasteiger partial charge on any atom is -0.396 e. The molecule has 6 heteroatoms. The van der Waals surface area contributed by atoms with E-state index in [-0.39, 0.29) is 24.1 Å². The van der Waals surface area contributed by atoms with Crippen molar-refractivity contribution in [3.05, 3.63) is 29.6 Å². The van der Waals surface area contributed by atoms with Crippen molar-refractivity contribution in [1.29, 1.82) is 0 Å². The van der Waals surface area contributed by atoms with Crippen LogP contribution in [-0.4, -0.2) is 12.0 Å². The van der Waals surface area contributed by atoms with Crippen molar-refractivity contribution in [1.82, 2.24) is 0 Å². The summed E-state index contributed by atoms with van der Waals surface area (Å²) in [5.41, 5.74) is 5.13. The van der Waals surface area contributed by atoms with Crippen LogP contribution in [0.5, 0.6) is 0 Å². The number of nitrogen functional groups attached to an aromatic ring is 1. The molecule has 1 aromatic rings. The summed E-state index contributed by atoms with van der Waals surface area (Å²) in [5, 5.41) is 0. The molecule has 20 heavy (non-hydrogen) atoms. The van der Waals surface area contributed by atoms with Crippen molar-refractivity contribution < 1.29 is 22.4 Å². The summed E-state index contributed by atoms with van der Waals surface area (Å²) < 4.78 is 52.2. The van der Waals surface area contributed by atoms with E-state index >= 15 is 0 Å². The lowest BCUT2D eigenvalue weighted by Crippen LogP contribution is -2.37. The van der Waals surface area contributed by atoms with Gasteiger partial charge in [-0.25, -0.2) is 4.39 Å². The standard InChI is InChI=1S/C14H15F4NO/c15-11-7-8(5-6-12(11)19)13(20)9-3-1-2-4-10(9)14(16,17)18/h5-7,9-10H,1-4,19H2. The molecule has 2 rings (SSSR count). The van der Waals surface area contributed by atoms with Crippen LogP contribution in [0.3, 0.4) is 0 Å². The predicted molar refractivity (Wildman–Crippen MR) is 66.6 cm³/mol. The Morgan fingerprint density at radius 3 is 2.45 bits per heavy atom. The number of anilines is 1. The van der Waals surface area contributed by atoms with Crippen LogP contribution in [0.1, 0.15) is 36.0 Å². The highest BCUT2D eigenvalue weighted by atomic mass is 19.4. The van der Waals surface area contributed by atoms with Gasteiger partial charge in [-0.15, -0.1) is 0 Å². The van der Waals surface area contributed by atoms with E-state index in [4.69, 9.17) is 5.73 Å². The first-order valence-corrected chi connectivity index (χ1v) is 6.46. The van der Waals surface area contributed by atoms with E-state index in [0.29, 0.717) is 12.8 Å². The second-order valence-corrected chi connectivity index (χ2v) is 5.14. The molecular weight excluding hydrogens is 274 g/mol. The van der Waals surface area contributed by atoms with Crippen LogP contribution in [-0.2, 0) is 0 Å². The minimum absolute atomic E-state index is 0.0437. The molecule has 0 aliphatic heterocycles. The second-order valence-electron chi connectivity index (χ2n) is 5.14. The average molecular weight is 289 g/mol. The van der Waals surface area contributed by atoms with Crippen LogP contribution in [0.2, 0.25) is 0 Å². The monoisotopic (exact) mass is 289 g/mol. The van der Waals surface area contributed by atoms with Crippen molar-refractivity contribution in [2.24, 2.45) is 11.8 Å². The maximum atomic E-state index is 13.3. The van der Waals surface area contributed by atoms with E-state index in [9.17, 15) is 22.4 Å². The topological polar surface area (TPSA) is 43.1 Å². The molecule has 1 fully saturated rings. The number of nitrogens with two attached hydrogens (primary N) is 1. The van der Waals surface area contributed by atoms with E-state index in [2.05, 4.69) is 0 Å². The number of Topliss-reactive ketones (excluding diaryl/α,β-unsaturated/α-hetero) is 1. The van der Waals surface area contributed by atoms with Gasteiger partial charge in [-0.2, -0.15) is 13.2 Å². The van der Waals surface area contributed by atoms with E-state index in [1.807, 2.05) is 0 Å². The molecular formula is C14H15F4NO. The molecule has 2 N–H and O–H groups in total. The highest BCUT2D eigenvalue weighted by molar-refractivity contribution is 5.98. The van der Waals surface area contributed by atoms with Crippen molar-refractivity contribution in [3.8, 4) is 0 Å². The SMILES string of the molecule is Nc1ccc(C(=O)C2CCCCC2C(F)(F)F)cc1F. The largest absolute Gasteiger partial charge is 0.396 e. The molecule has 0 spiro atoms. The molecule has 0 heterocycles. The molecule has 1 aliphatic carbocycles. The number of hydrogen-bond donors (Lipinski definition) is 1. The summed E-state index contributed by atoms with van der Waals surface area (Å²) in [7, 11) is 0. The fourth-order valence-electron chi connectivity index (χ4n) is 2.73. The number of benzene rings is 1. The maximum absolute atomic E-state index is 13.3. The van der Waals surface area contributed by atoms with Crippen LogP contribution < -0.4 is 5.73 Å². The first-order valence-electron chi connectivity index (χ1n) is 6.46. The summed E-state index contributed by atoms with van der Waals surface area (Å²) in [6.45, 7) is 0. The third kappa shape index (κ3) is 2.94. The Morgan fingerprint density at radius 1 is 1.20 bits per heavy atom. The molecule has 0 radical (unpaired) electrons. The van der Waals surface area contributed by atoms with Crippen LogP contribution in [0.15, 0.2) is 18.2 Å². The fraction of sp³-hybridized carbons (Fsp3) is 0.500. The molecule has 0 amide bonds. The lowest BCUT2D eigenvalue weighted by atomic mass is 9.75. The molecule has 2 atom stereocenters. The lowest BCUT2D eigenvalue weighted by molar-refractivity contribution is -0.190. The zero-order valence-corrected chi connectivity index (χ0v) is 10.7. The second kappa shape index (κ2) is 5.42. The van der Waals surface area contributed by atoms with Gasteiger partial charge in [0.2, 0.25) is 0 Å². The van der Waals surface area contributed by atoms with Gasteiger partial charge in [0.25, 0.3) is 0 Å². The molecule has 0 aromatic heterocycles. The van der Waals surface area contributed by atoms with Gasteiger partial charge < -0.3 is 5.73 Å². The molecule has 1 saturated carbocycles. The van der Waals surface area contributed by atoms with Gasteiger partial charge in [0.15, 0.2) is 5.78 Å². The first kappa shape index (κ1) is 14.8. The third-order valence-corrected chi connectivity index (χ3v) is 3.81. The van der Waals surface area contributed by atoms with E-state index in [0.717, 1.165) is 6.07 Å². The van der Waals surface area contributed by atoms with Gasteiger partial charge in [-0.3, -0.25) is 4.79 Å². The Labute approximate surface area is 114 Å². The summed E-state index contributed by atoms with van der Waals surface area (Å²) in [4.78, 5) is 12.2. The zero-order chi connectivity index (χ0) is 14.9. The molecule has 1 aliphatic rings. The summed E-state index contributed by atoms with van der Waals surface area (Å²) in [6, 6.07) is 3.40. The Morgan fingerprint density at radius 2 is 1.85 bits per heavy atom. The molecule has 2 nitrogen and oxygen atoms in total. The Kier molecular flexibility index (Phi) is 4.01. The normalized spacial score (nSPS) is 23.6. The van der Waals surface area contributed by atoms with Crippen molar-refractivity contribution in [2.75, 3.05) is 5.73 Å². The van der Waals surface area contributed by atoms with Gasteiger partial charge in [0.05, 0.1) is 11.6 Å². The fourth-order valence-corrected chi connectivity index (χ4v) is 2.73. The van der Waals surface area contributed by atoms with E-state index in [1.54, 1.807) is 0 Å². The summed E-state index contributed by atoms with van der Waals surface area (Å²) in [5.74, 6) is -4.18. The molecule has 2 unspecified atom stereocenters. The van der Waals surface area contributed by atoms with Crippen LogP contribution >= 0.6 is 0 Å². The Balaban J connectivity index is 2.27. The van der Waals surface area contributed by atoms with Crippen molar-refractivity contribution in [2.45, 2.75) is 31.9 Å². The Hall–Kier alpha value is -1.59. The predicted octanol–water partition coefficient (Wildman–Crippen LogP) is 3.96. The van der Waals surface area contributed by atoms with E-state index in [1.165, 1.54) is 12.1 Å². The van der Waals surface area contributed by atoms with Gasteiger partial charge >= 0.3 is 6.18 Å². The van der Waals surface area contributed by atoms with Gasteiger partial charge in [-0.05, 0) is 31.0 Å². The maximum Gasteiger partial charge on any atom is 0.392 e. The molecule has 0 saturated heterocycles. The average Bonchev–Trinajstić information content (AvgIpc) is 2.40. The number of hydrogen-bond acceptors (Lipinski definition) is 2. The number of ketones is 1. The summed E-state index contributed by atoms with van der Waals surface area (Å²) in [6.07, 6.45) is -3.20. The smallest absolute Gasteiger partial charge is 0.392 e. The quantitative estimate of drug-likeness (QED) is 0.509.